The molecule has 2 unspecified atom stereocenters. The third-order valence-electron chi connectivity index (χ3n) is 4.62. The van der Waals surface area contributed by atoms with Gasteiger partial charge in [0.15, 0.2) is 11.5 Å². The molecule has 27 heavy (non-hydrogen) atoms. The molecule has 1 amide bonds. The number of ether oxygens (including phenoxy) is 1. The molecular weight excluding hydrogens is 347 g/mol. The number of hydrogen-bond donors (Lipinski definition) is 3. The lowest BCUT2D eigenvalue weighted by Crippen LogP contribution is -2.38. The summed E-state index contributed by atoms with van der Waals surface area (Å²) in [5.74, 6) is -0.452. The van der Waals surface area contributed by atoms with E-state index in [4.69, 9.17) is 10.5 Å². The van der Waals surface area contributed by atoms with Crippen molar-refractivity contribution in [3.05, 3.63) is 59.4 Å². The number of primary amides is 1. The molecule has 0 saturated heterocycles. The number of nitrogens with two attached hydrogens (primary N) is 1. The molecule has 0 aliphatic rings. The van der Waals surface area contributed by atoms with E-state index >= 15 is 0 Å². The molecule has 146 valence electrons. The predicted molar refractivity (Wildman–Crippen MR) is 103 cm³/mol. The number of phenols is 1. The van der Waals surface area contributed by atoms with Gasteiger partial charge >= 0.3 is 0 Å². The Morgan fingerprint density at radius 2 is 1.89 bits per heavy atom. The average Bonchev–Trinajstić information content (AvgIpc) is 2.64. The maximum Gasteiger partial charge on any atom is 0.222 e. The van der Waals surface area contributed by atoms with E-state index in [1.165, 1.54) is 19.2 Å². The Morgan fingerprint density at radius 3 is 2.48 bits per heavy atom. The number of halogens is 1. The maximum atomic E-state index is 13.0. The molecular formula is C21H27FN2O3. The zero-order valence-corrected chi connectivity index (χ0v) is 15.7. The molecule has 0 heterocycles. The number of hydrogen-bond acceptors (Lipinski definition) is 4. The highest BCUT2D eigenvalue weighted by Gasteiger charge is 2.17. The summed E-state index contributed by atoms with van der Waals surface area (Å²) >= 11 is 0. The minimum Gasteiger partial charge on any atom is -0.504 e. The first-order chi connectivity index (χ1) is 12.9. The number of carbonyl (C=O) groups excluding carboxylic acids is 1. The third-order valence-corrected chi connectivity index (χ3v) is 4.62. The van der Waals surface area contributed by atoms with Gasteiger partial charge in [0, 0.05) is 12.6 Å². The second-order valence-corrected chi connectivity index (χ2v) is 6.78. The normalized spacial score (nSPS) is 13.1. The third kappa shape index (κ3) is 6.57. The molecule has 2 aromatic rings. The molecule has 0 aliphatic carbocycles. The van der Waals surface area contributed by atoms with Gasteiger partial charge in [-0.25, -0.2) is 4.39 Å². The van der Waals surface area contributed by atoms with Crippen LogP contribution in [0.2, 0.25) is 0 Å². The summed E-state index contributed by atoms with van der Waals surface area (Å²) in [7, 11) is 1.52. The number of phenolic OH excluding ortho intramolecular Hbond substituents is 1. The summed E-state index contributed by atoms with van der Waals surface area (Å²) in [5.41, 5.74) is 7.41. The van der Waals surface area contributed by atoms with Crippen LogP contribution in [-0.4, -0.2) is 30.7 Å². The van der Waals surface area contributed by atoms with Gasteiger partial charge in [-0.2, -0.15) is 0 Å². The number of benzene rings is 2. The van der Waals surface area contributed by atoms with E-state index in [0.717, 1.165) is 24.0 Å². The lowest BCUT2D eigenvalue weighted by atomic mass is 9.98. The largest absolute Gasteiger partial charge is 0.504 e. The molecule has 4 N–H and O–H groups in total. The van der Waals surface area contributed by atoms with Crippen LogP contribution in [0.15, 0.2) is 42.5 Å². The van der Waals surface area contributed by atoms with Crippen molar-refractivity contribution in [2.24, 2.45) is 11.7 Å². The summed E-state index contributed by atoms with van der Waals surface area (Å²) in [6, 6.07) is 11.6. The van der Waals surface area contributed by atoms with E-state index in [1.54, 1.807) is 24.3 Å². The van der Waals surface area contributed by atoms with Gasteiger partial charge < -0.3 is 20.9 Å². The molecule has 2 rings (SSSR count). The van der Waals surface area contributed by atoms with Crippen molar-refractivity contribution in [1.82, 2.24) is 5.32 Å². The van der Waals surface area contributed by atoms with Crippen LogP contribution in [0.4, 0.5) is 4.39 Å². The summed E-state index contributed by atoms with van der Waals surface area (Å²) in [5, 5.41) is 13.2. The number of aromatic hydroxyl groups is 1. The highest BCUT2D eigenvalue weighted by atomic mass is 19.1. The summed E-state index contributed by atoms with van der Waals surface area (Å²) in [6.45, 7) is 2.50. The van der Waals surface area contributed by atoms with Gasteiger partial charge in [-0.1, -0.05) is 18.2 Å². The van der Waals surface area contributed by atoms with E-state index in [9.17, 15) is 14.3 Å². The van der Waals surface area contributed by atoms with Gasteiger partial charge in [-0.3, -0.25) is 4.79 Å². The number of rotatable bonds is 10. The fourth-order valence-corrected chi connectivity index (χ4v) is 2.90. The molecule has 0 saturated carbocycles. The van der Waals surface area contributed by atoms with Crippen LogP contribution in [0, 0.1) is 11.7 Å². The van der Waals surface area contributed by atoms with Gasteiger partial charge in [0.1, 0.15) is 5.82 Å². The van der Waals surface area contributed by atoms with Gasteiger partial charge in [0.2, 0.25) is 5.91 Å². The van der Waals surface area contributed by atoms with Crippen LogP contribution in [0.1, 0.15) is 24.5 Å². The molecule has 0 aliphatic heterocycles. The summed E-state index contributed by atoms with van der Waals surface area (Å²) in [4.78, 5) is 11.7. The van der Waals surface area contributed by atoms with Gasteiger partial charge in [0.05, 0.1) is 13.0 Å². The first-order valence-electron chi connectivity index (χ1n) is 9.02. The zero-order valence-electron chi connectivity index (χ0n) is 15.7. The first-order valence-corrected chi connectivity index (χ1v) is 9.02. The van der Waals surface area contributed by atoms with E-state index in [1.807, 2.05) is 13.0 Å². The van der Waals surface area contributed by atoms with Crippen LogP contribution in [0.3, 0.4) is 0 Å². The monoisotopic (exact) mass is 374 g/mol. The highest BCUT2D eigenvalue weighted by molar-refractivity contribution is 5.77. The van der Waals surface area contributed by atoms with Crippen LogP contribution < -0.4 is 15.8 Å². The molecule has 2 atom stereocenters. The Morgan fingerprint density at radius 1 is 1.22 bits per heavy atom. The SMILES string of the molecule is COc1ccc(CCC(C)NCC(Cc2ccc(F)cc2)C(N)=O)cc1O. The average molecular weight is 374 g/mol. The lowest BCUT2D eigenvalue weighted by Gasteiger charge is -2.19. The molecule has 2 aromatic carbocycles. The van der Waals surface area contributed by atoms with Crippen molar-refractivity contribution in [2.75, 3.05) is 13.7 Å². The standard InChI is InChI=1S/C21H27FN2O3/c1-14(3-4-16-7-10-20(27-2)19(25)12-16)24-13-17(21(23)26)11-15-5-8-18(22)9-6-15/h5-10,12,14,17,24-25H,3-4,11,13H2,1-2H3,(H2,23,26). The molecule has 6 heteroatoms. The van der Waals surface area contributed by atoms with Crippen LogP contribution in [0.25, 0.3) is 0 Å². The van der Waals surface area contributed by atoms with E-state index < -0.39 is 0 Å². The highest BCUT2D eigenvalue weighted by Crippen LogP contribution is 2.26. The van der Waals surface area contributed by atoms with E-state index in [0.29, 0.717) is 18.7 Å². The summed E-state index contributed by atoms with van der Waals surface area (Å²) < 4.78 is 18.0. The molecule has 0 spiro atoms. The fraction of sp³-hybridized carbons (Fsp3) is 0.381. The number of amides is 1. The Labute approximate surface area is 159 Å². The molecule has 0 aromatic heterocycles. The predicted octanol–water partition coefficient (Wildman–Crippen LogP) is 2.79. The number of carbonyl (C=O) groups is 1. The minimum atomic E-state index is -0.376. The number of nitrogens with one attached hydrogen (secondary N) is 1. The zero-order chi connectivity index (χ0) is 19.8. The fourth-order valence-electron chi connectivity index (χ4n) is 2.90. The second-order valence-electron chi connectivity index (χ2n) is 6.78. The van der Waals surface area contributed by atoms with Gasteiger partial charge in [-0.05, 0) is 61.6 Å². The number of aryl methyl sites for hydroxylation is 1. The second kappa shape index (κ2) is 9.92. The number of methoxy groups -OCH3 is 1. The smallest absolute Gasteiger partial charge is 0.222 e. The molecule has 0 fully saturated rings. The van der Waals surface area contributed by atoms with Gasteiger partial charge in [0.25, 0.3) is 0 Å². The minimum absolute atomic E-state index is 0.128. The Balaban J connectivity index is 1.82. The topological polar surface area (TPSA) is 84.6 Å². The van der Waals surface area contributed by atoms with Crippen molar-refractivity contribution >= 4 is 5.91 Å². The summed E-state index contributed by atoms with van der Waals surface area (Å²) in [6.07, 6.45) is 2.10. The molecule has 0 bridgehead atoms. The van der Waals surface area contributed by atoms with Crippen molar-refractivity contribution in [1.29, 1.82) is 0 Å². The van der Waals surface area contributed by atoms with E-state index in [2.05, 4.69) is 5.32 Å². The Hall–Kier alpha value is -2.60. The van der Waals surface area contributed by atoms with E-state index in [-0.39, 0.29) is 29.4 Å². The Bertz CT molecular complexity index is 750. The Kier molecular flexibility index (Phi) is 7.61. The quantitative estimate of drug-likeness (QED) is 0.597. The van der Waals surface area contributed by atoms with Crippen LogP contribution in [-0.2, 0) is 17.6 Å². The molecule has 0 radical (unpaired) electrons. The van der Waals surface area contributed by atoms with Crippen molar-refractivity contribution in [3.63, 3.8) is 0 Å². The van der Waals surface area contributed by atoms with Crippen molar-refractivity contribution in [3.8, 4) is 11.5 Å². The van der Waals surface area contributed by atoms with Crippen LogP contribution >= 0.6 is 0 Å². The van der Waals surface area contributed by atoms with Gasteiger partial charge in [-0.15, -0.1) is 0 Å². The maximum absolute atomic E-state index is 13.0. The first kappa shape index (κ1) is 20.7. The van der Waals surface area contributed by atoms with Crippen molar-refractivity contribution in [2.45, 2.75) is 32.2 Å². The van der Waals surface area contributed by atoms with Crippen LogP contribution in [0.5, 0.6) is 11.5 Å². The molecule has 5 nitrogen and oxygen atoms in total. The van der Waals surface area contributed by atoms with Crippen molar-refractivity contribution < 1.29 is 19.0 Å². The lowest BCUT2D eigenvalue weighted by molar-refractivity contribution is -0.121.